The highest BCUT2D eigenvalue weighted by Crippen LogP contribution is 2.32. The molecule has 4 nitrogen and oxygen atoms in total. The van der Waals surface area contributed by atoms with Crippen molar-refractivity contribution in [2.75, 3.05) is 11.4 Å². The fourth-order valence-corrected chi connectivity index (χ4v) is 4.61. The van der Waals surface area contributed by atoms with Crippen LogP contribution in [0.2, 0.25) is 0 Å². The van der Waals surface area contributed by atoms with Crippen molar-refractivity contribution in [2.45, 2.75) is 64.6 Å². The Morgan fingerprint density at radius 2 is 2.00 bits per heavy atom. The minimum atomic E-state index is 0.0272. The van der Waals surface area contributed by atoms with Gasteiger partial charge in [0, 0.05) is 36.3 Å². The molecule has 1 aromatic carbocycles. The normalized spacial score (nSPS) is 25.4. The van der Waals surface area contributed by atoms with Crippen molar-refractivity contribution in [1.82, 2.24) is 10.2 Å². The van der Waals surface area contributed by atoms with Gasteiger partial charge in [0.2, 0.25) is 5.91 Å². The van der Waals surface area contributed by atoms with Crippen LogP contribution in [0.1, 0.15) is 46.1 Å². The minimum absolute atomic E-state index is 0.0272. The molecule has 1 amide bonds. The summed E-state index contributed by atoms with van der Waals surface area (Å²) < 4.78 is 0. The van der Waals surface area contributed by atoms with Gasteiger partial charge in [0.25, 0.3) is 0 Å². The van der Waals surface area contributed by atoms with Gasteiger partial charge >= 0.3 is 0 Å². The first-order valence-electron chi connectivity index (χ1n) is 8.77. The summed E-state index contributed by atoms with van der Waals surface area (Å²) in [6.07, 6.45) is 2.45. The van der Waals surface area contributed by atoms with Crippen molar-refractivity contribution >= 4 is 28.9 Å². The Morgan fingerprint density at radius 1 is 1.29 bits per heavy atom. The third-order valence-electron chi connectivity index (χ3n) is 5.09. The van der Waals surface area contributed by atoms with E-state index < -0.39 is 0 Å². The Balaban J connectivity index is 1.65. The number of thiocarbonyl (C=S) groups is 1. The van der Waals surface area contributed by atoms with E-state index >= 15 is 0 Å². The van der Waals surface area contributed by atoms with E-state index in [1.165, 1.54) is 5.56 Å². The van der Waals surface area contributed by atoms with Crippen molar-refractivity contribution in [3.8, 4) is 0 Å². The second-order valence-corrected chi connectivity index (χ2v) is 8.14. The van der Waals surface area contributed by atoms with Crippen LogP contribution in [0, 0.1) is 0 Å². The lowest BCUT2D eigenvalue weighted by molar-refractivity contribution is -0.119. The molecule has 3 rings (SSSR count). The molecular weight excluding hydrogens is 318 g/mol. The van der Waals surface area contributed by atoms with Crippen molar-refractivity contribution in [1.29, 1.82) is 0 Å². The van der Waals surface area contributed by atoms with E-state index in [1.54, 1.807) is 0 Å². The van der Waals surface area contributed by atoms with Crippen molar-refractivity contribution in [3.63, 3.8) is 0 Å². The Hall–Kier alpha value is -1.62. The molecular formula is C19H27N3OS. The quantitative estimate of drug-likeness (QED) is 0.854. The van der Waals surface area contributed by atoms with Gasteiger partial charge in [-0.25, -0.2) is 0 Å². The van der Waals surface area contributed by atoms with E-state index in [-0.39, 0.29) is 17.5 Å². The summed E-state index contributed by atoms with van der Waals surface area (Å²) in [5.41, 5.74) is 2.37. The second kappa shape index (κ2) is 6.36. The molecule has 0 bridgehead atoms. The lowest BCUT2D eigenvalue weighted by Crippen LogP contribution is -2.60. The van der Waals surface area contributed by atoms with E-state index in [9.17, 15) is 4.79 Å². The maximum atomic E-state index is 12.8. The summed E-state index contributed by atoms with van der Waals surface area (Å²) in [5.74, 6) is 0.187. The third kappa shape index (κ3) is 3.27. The van der Waals surface area contributed by atoms with Crippen LogP contribution in [0.15, 0.2) is 24.3 Å². The van der Waals surface area contributed by atoms with E-state index in [0.29, 0.717) is 19.0 Å². The first-order chi connectivity index (χ1) is 11.3. The lowest BCUT2D eigenvalue weighted by Gasteiger charge is -2.44. The average molecular weight is 346 g/mol. The van der Waals surface area contributed by atoms with E-state index in [2.05, 4.69) is 50.0 Å². The number of hydrogen-bond acceptors (Lipinski definition) is 2. The summed E-state index contributed by atoms with van der Waals surface area (Å²) in [7, 11) is 0. The van der Waals surface area contributed by atoms with Gasteiger partial charge in [0.1, 0.15) is 0 Å². The number of hydrogen-bond donors (Lipinski definition) is 1. The second-order valence-electron chi connectivity index (χ2n) is 7.76. The molecule has 2 aliphatic rings. The molecule has 0 aromatic heterocycles. The number of anilines is 1. The van der Waals surface area contributed by atoms with Crippen LogP contribution in [0.25, 0.3) is 0 Å². The zero-order valence-corrected chi connectivity index (χ0v) is 15.8. The molecule has 2 heterocycles. The maximum Gasteiger partial charge on any atom is 0.229 e. The van der Waals surface area contributed by atoms with Crippen molar-refractivity contribution in [3.05, 3.63) is 29.8 Å². The van der Waals surface area contributed by atoms with Gasteiger partial charge in [-0.2, -0.15) is 0 Å². The van der Waals surface area contributed by atoms with Crippen LogP contribution in [-0.4, -0.2) is 40.1 Å². The van der Waals surface area contributed by atoms with E-state index in [4.69, 9.17) is 12.2 Å². The summed E-state index contributed by atoms with van der Waals surface area (Å²) in [4.78, 5) is 17.0. The molecule has 0 saturated carbocycles. The van der Waals surface area contributed by atoms with Gasteiger partial charge in [-0.1, -0.05) is 18.2 Å². The first kappa shape index (κ1) is 17.2. The van der Waals surface area contributed by atoms with Crippen LogP contribution in [0.5, 0.6) is 0 Å². The highest BCUT2D eigenvalue weighted by atomic mass is 32.1. The number of nitrogens with one attached hydrogen (secondary N) is 1. The van der Waals surface area contributed by atoms with Crippen LogP contribution in [0.4, 0.5) is 5.69 Å². The monoisotopic (exact) mass is 345 g/mol. The lowest BCUT2D eigenvalue weighted by atomic mass is 9.93. The standard InChI is InChI=1S/C19H27N3OS/c1-13-11-15-7-5-6-8-16(15)22(13)17(23)9-10-21-14(2)12-19(3,4)20-18(21)24/h5-8,13-14H,9-12H2,1-4H3,(H,20,24)/t13-,14+/m0/s1. The van der Waals surface area contributed by atoms with E-state index in [1.807, 2.05) is 17.0 Å². The van der Waals surface area contributed by atoms with Gasteiger partial charge in [-0.15, -0.1) is 0 Å². The number of fused-ring (bicyclic) bond motifs is 1. The summed E-state index contributed by atoms with van der Waals surface area (Å²) in [6, 6.07) is 8.80. The molecule has 1 saturated heterocycles. The molecule has 1 N–H and O–H groups in total. The highest BCUT2D eigenvalue weighted by Gasteiger charge is 2.34. The number of amides is 1. The predicted octanol–water partition coefficient (Wildman–Crippen LogP) is 3.10. The Morgan fingerprint density at radius 3 is 2.71 bits per heavy atom. The molecule has 0 unspecified atom stereocenters. The smallest absolute Gasteiger partial charge is 0.229 e. The van der Waals surface area contributed by atoms with Crippen LogP contribution >= 0.6 is 12.2 Å². The number of benzene rings is 1. The molecule has 0 spiro atoms. The molecule has 130 valence electrons. The minimum Gasteiger partial charge on any atom is -0.358 e. The fraction of sp³-hybridized carbons (Fsp3) is 0.579. The summed E-state index contributed by atoms with van der Waals surface area (Å²) in [6.45, 7) is 9.32. The molecule has 2 atom stereocenters. The van der Waals surface area contributed by atoms with Gasteiger partial charge in [0.15, 0.2) is 5.11 Å². The topological polar surface area (TPSA) is 35.6 Å². The number of rotatable bonds is 3. The Labute approximate surface area is 150 Å². The average Bonchev–Trinajstić information content (AvgIpc) is 2.80. The van der Waals surface area contributed by atoms with Crippen LogP contribution < -0.4 is 10.2 Å². The maximum absolute atomic E-state index is 12.8. The largest absolute Gasteiger partial charge is 0.358 e. The molecule has 1 aromatic rings. The number of para-hydroxylation sites is 1. The zero-order chi connectivity index (χ0) is 17.5. The molecule has 24 heavy (non-hydrogen) atoms. The molecule has 1 fully saturated rings. The predicted molar refractivity (Wildman–Crippen MR) is 102 cm³/mol. The Bertz CT molecular complexity index is 658. The third-order valence-corrected chi connectivity index (χ3v) is 5.42. The summed E-state index contributed by atoms with van der Waals surface area (Å²) in [5, 5.41) is 4.15. The first-order valence-corrected chi connectivity index (χ1v) is 9.18. The SMILES string of the molecule is C[C@@H]1CC(C)(C)NC(=S)N1CCC(=O)N1c2ccccc2C[C@@H]1C. The van der Waals surface area contributed by atoms with Gasteiger partial charge < -0.3 is 15.1 Å². The van der Waals surface area contributed by atoms with Crippen molar-refractivity contribution in [2.24, 2.45) is 0 Å². The number of nitrogens with zero attached hydrogens (tertiary/aromatic N) is 2. The molecule has 5 heteroatoms. The molecule has 0 aliphatic carbocycles. The molecule has 2 aliphatic heterocycles. The van der Waals surface area contributed by atoms with Crippen molar-refractivity contribution < 1.29 is 4.79 Å². The van der Waals surface area contributed by atoms with Crippen LogP contribution in [0.3, 0.4) is 0 Å². The van der Waals surface area contributed by atoms with Crippen LogP contribution in [-0.2, 0) is 11.2 Å². The van der Waals surface area contributed by atoms with Gasteiger partial charge in [0.05, 0.1) is 0 Å². The van der Waals surface area contributed by atoms with Gasteiger partial charge in [-0.05, 0) is 64.4 Å². The number of carbonyl (C=O) groups is 1. The number of carbonyl (C=O) groups excluding carboxylic acids is 1. The Kier molecular flexibility index (Phi) is 4.56. The fourth-order valence-electron chi connectivity index (χ4n) is 4.07. The van der Waals surface area contributed by atoms with E-state index in [0.717, 1.165) is 23.6 Å². The van der Waals surface area contributed by atoms with Gasteiger partial charge in [-0.3, -0.25) is 4.79 Å². The zero-order valence-electron chi connectivity index (χ0n) is 15.0. The highest BCUT2D eigenvalue weighted by molar-refractivity contribution is 7.80. The molecule has 0 radical (unpaired) electrons. The summed E-state index contributed by atoms with van der Waals surface area (Å²) >= 11 is 5.52.